The molecule has 3 aromatic rings. The summed E-state index contributed by atoms with van der Waals surface area (Å²) < 4.78 is 18.3. The van der Waals surface area contributed by atoms with Crippen LogP contribution in [-0.4, -0.2) is 39.8 Å². The van der Waals surface area contributed by atoms with Crippen LogP contribution in [0.2, 0.25) is 0 Å². The highest BCUT2D eigenvalue weighted by atomic mass is 32.1. The number of carbonyl (C=O) groups is 2. The van der Waals surface area contributed by atoms with Crippen molar-refractivity contribution in [1.29, 1.82) is 0 Å². The van der Waals surface area contributed by atoms with Crippen LogP contribution in [0.5, 0.6) is 11.5 Å². The molecule has 0 aliphatic carbocycles. The monoisotopic (exact) mass is 386 g/mol. The van der Waals surface area contributed by atoms with Crippen LogP contribution < -0.4 is 14.3 Å². The first kappa shape index (κ1) is 17.2. The summed E-state index contributed by atoms with van der Waals surface area (Å²) >= 11 is 1.26. The molecule has 0 atom stereocenters. The quantitative estimate of drug-likeness (QED) is 0.626. The molecule has 0 saturated carbocycles. The molecule has 2 aromatic heterocycles. The third-order valence-electron chi connectivity index (χ3n) is 3.75. The summed E-state index contributed by atoms with van der Waals surface area (Å²) in [4.78, 5) is 36.8. The van der Waals surface area contributed by atoms with Crippen molar-refractivity contribution in [3.63, 3.8) is 0 Å². The highest BCUT2D eigenvalue weighted by Crippen LogP contribution is 2.37. The van der Waals surface area contributed by atoms with Crippen LogP contribution >= 0.6 is 11.3 Å². The molecule has 9 nitrogen and oxygen atoms in total. The van der Waals surface area contributed by atoms with Gasteiger partial charge >= 0.3 is 5.97 Å². The largest absolute Gasteiger partial charge is 0.465 e. The van der Waals surface area contributed by atoms with Gasteiger partial charge < -0.3 is 18.8 Å². The Hall–Kier alpha value is -3.27. The molecule has 10 heteroatoms. The van der Waals surface area contributed by atoms with E-state index in [4.69, 9.17) is 14.2 Å². The van der Waals surface area contributed by atoms with Crippen molar-refractivity contribution in [2.45, 2.75) is 13.5 Å². The second-order valence-corrected chi connectivity index (χ2v) is 6.47. The molecule has 1 aliphatic heterocycles. The molecule has 1 aromatic carbocycles. The van der Waals surface area contributed by atoms with Crippen molar-refractivity contribution in [3.8, 4) is 11.5 Å². The summed E-state index contributed by atoms with van der Waals surface area (Å²) in [7, 11) is 0. The highest BCUT2D eigenvalue weighted by Gasteiger charge is 2.19. The molecule has 3 heterocycles. The summed E-state index contributed by atoms with van der Waals surface area (Å²) in [6.07, 6.45) is 4.23. The van der Waals surface area contributed by atoms with Crippen LogP contribution in [0.3, 0.4) is 0 Å². The fourth-order valence-electron chi connectivity index (χ4n) is 2.59. The Labute approximate surface area is 156 Å². The highest BCUT2D eigenvalue weighted by molar-refractivity contribution is 7.16. The summed E-state index contributed by atoms with van der Waals surface area (Å²) in [5.74, 6) is 0.208. The van der Waals surface area contributed by atoms with Gasteiger partial charge in [-0.1, -0.05) is 11.3 Å². The minimum absolute atomic E-state index is 0.0833. The van der Waals surface area contributed by atoms with E-state index < -0.39 is 11.9 Å². The number of nitrogens with zero attached hydrogens (tertiary/aromatic N) is 4. The second-order valence-electron chi connectivity index (χ2n) is 5.46. The van der Waals surface area contributed by atoms with Crippen LogP contribution in [0.25, 0.3) is 10.2 Å². The number of hydrogen-bond acceptors (Lipinski definition) is 8. The zero-order valence-electron chi connectivity index (χ0n) is 14.2. The molecule has 1 aliphatic rings. The van der Waals surface area contributed by atoms with Gasteiger partial charge in [-0.05, 0) is 6.92 Å². The number of fused-ring (bicyclic) bond motifs is 2. The van der Waals surface area contributed by atoms with Gasteiger partial charge in [-0.15, -0.1) is 0 Å². The van der Waals surface area contributed by atoms with Crippen molar-refractivity contribution in [3.05, 3.63) is 41.2 Å². The van der Waals surface area contributed by atoms with Gasteiger partial charge in [0, 0.05) is 24.5 Å². The molecule has 4 rings (SSSR count). The van der Waals surface area contributed by atoms with Crippen LogP contribution in [0.15, 0.2) is 35.7 Å². The molecule has 0 spiro atoms. The Morgan fingerprint density at radius 1 is 1.30 bits per heavy atom. The second kappa shape index (κ2) is 7.16. The zero-order valence-corrected chi connectivity index (χ0v) is 15.1. The Morgan fingerprint density at radius 3 is 2.85 bits per heavy atom. The minimum Gasteiger partial charge on any atom is -0.465 e. The number of ether oxygens (including phenoxy) is 3. The molecule has 138 valence electrons. The predicted octanol–water partition coefficient (Wildman–Crippen LogP) is 1.53. The lowest BCUT2D eigenvalue weighted by molar-refractivity contribution is -0.143. The maximum absolute atomic E-state index is 12.4. The van der Waals surface area contributed by atoms with Gasteiger partial charge in [0.25, 0.3) is 5.91 Å². The number of carbonyl (C=O) groups excluding carboxylic acids is 2. The number of esters is 1. The third kappa shape index (κ3) is 3.38. The van der Waals surface area contributed by atoms with E-state index in [0.29, 0.717) is 21.8 Å². The van der Waals surface area contributed by atoms with Gasteiger partial charge in [-0.2, -0.15) is 4.99 Å². The molecule has 0 saturated heterocycles. The predicted molar refractivity (Wildman–Crippen MR) is 94.5 cm³/mol. The maximum atomic E-state index is 12.4. The number of benzene rings is 1. The lowest BCUT2D eigenvalue weighted by Gasteiger charge is -2.05. The van der Waals surface area contributed by atoms with Crippen molar-refractivity contribution >= 4 is 33.4 Å². The van der Waals surface area contributed by atoms with E-state index in [1.807, 2.05) is 0 Å². The average molecular weight is 386 g/mol. The summed E-state index contributed by atoms with van der Waals surface area (Å²) in [5, 5.41) is 0. The van der Waals surface area contributed by atoms with Crippen LogP contribution in [0.1, 0.15) is 17.4 Å². The molecule has 0 fully saturated rings. The molecule has 27 heavy (non-hydrogen) atoms. The van der Waals surface area contributed by atoms with E-state index >= 15 is 0 Å². The molecule has 0 radical (unpaired) electrons. The van der Waals surface area contributed by atoms with Gasteiger partial charge in [0.1, 0.15) is 12.2 Å². The minimum atomic E-state index is -0.549. The topological polar surface area (TPSA) is 105 Å². The van der Waals surface area contributed by atoms with Crippen LogP contribution in [-0.2, 0) is 16.1 Å². The molecule has 1 amide bonds. The number of amides is 1. The average Bonchev–Trinajstić information content (AvgIpc) is 3.25. The Bertz CT molecular complexity index is 1090. The fourth-order valence-corrected chi connectivity index (χ4v) is 3.63. The lowest BCUT2D eigenvalue weighted by Crippen LogP contribution is -2.23. The molecule has 0 unspecified atom stereocenters. The molecule has 0 bridgehead atoms. The van der Waals surface area contributed by atoms with E-state index in [2.05, 4.69) is 15.0 Å². The van der Waals surface area contributed by atoms with Crippen LogP contribution in [0.4, 0.5) is 0 Å². The van der Waals surface area contributed by atoms with Gasteiger partial charge in [0.05, 0.1) is 23.0 Å². The van der Waals surface area contributed by atoms with Crippen molar-refractivity contribution in [2.24, 2.45) is 4.99 Å². The fraction of sp³-hybridized carbons (Fsp3) is 0.235. The lowest BCUT2D eigenvalue weighted by atomic mass is 10.3. The zero-order chi connectivity index (χ0) is 18.8. The van der Waals surface area contributed by atoms with E-state index in [9.17, 15) is 9.59 Å². The first-order valence-corrected chi connectivity index (χ1v) is 8.91. The summed E-state index contributed by atoms with van der Waals surface area (Å²) in [5.41, 5.74) is 0.815. The van der Waals surface area contributed by atoms with Crippen molar-refractivity contribution in [1.82, 2.24) is 14.5 Å². The molecular weight excluding hydrogens is 372 g/mol. The third-order valence-corrected chi connectivity index (χ3v) is 4.79. The Morgan fingerprint density at radius 2 is 2.11 bits per heavy atom. The maximum Gasteiger partial charge on any atom is 0.326 e. The number of rotatable bonds is 4. The normalized spacial score (nSPS) is 13.1. The summed E-state index contributed by atoms with van der Waals surface area (Å²) in [6, 6.07) is 3.56. The SMILES string of the molecule is CCOC(=O)Cn1c(=NC(=O)c2cnccn2)sc2cc3c(cc21)OCO3. The van der Waals surface area contributed by atoms with Crippen LogP contribution in [0, 0.1) is 0 Å². The first-order valence-electron chi connectivity index (χ1n) is 8.09. The molecular formula is C17H14N4O5S. The van der Waals surface area contributed by atoms with Crippen molar-refractivity contribution < 1.29 is 23.8 Å². The van der Waals surface area contributed by atoms with E-state index in [1.165, 1.54) is 29.9 Å². The number of hydrogen-bond donors (Lipinski definition) is 0. The summed E-state index contributed by atoms with van der Waals surface area (Å²) in [6.45, 7) is 2.06. The van der Waals surface area contributed by atoms with E-state index in [-0.39, 0.29) is 25.6 Å². The number of thiazole rings is 1. The van der Waals surface area contributed by atoms with E-state index in [1.54, 1.807) is 23.6 Å². The van der Waals surface area contributed by atoms with Gasteiger partial charge in [0.2, 0.25) is 6.79 Å². The van der Waals surface area contributed by atoms with Crippen molar-refractivity contribution in [2.75, 3.05) is 13.4 Å². The van der Waals surface area contributed by atoms with E-state index in [0.717, 1.165) is 4.70 Å². The van der Waals surface area contributed by atoms with Gasteiger partial charge in [0.15, 0.2) is 16.3 Å². The standard InChI is InChI=1S/C17H14N4O5S/c1-2-24-15(22)8-21-11-5-12-13(26-9-25-12)6-14(11)27-17(21)20-16(23)10-7-18-3-4-19-10/h3-7H,2,8-9H2,1H3. The smallest absolute Gasteiger partial charge is 0.326 e. The van der Waals surface area contributed by atoms with Gasteiger partial charge in [-0.25, -0.2) is 4.98 Å². The Balaban J connectivity index is 1.84. The Kier molecular flexibility index (Phi) is 4.55. The van der Waals surface area contributed by atoms with Gasteiger partial charge in [-0.3, -0.25) is 14.6 Å². The first-order chi connectivity index (χ1) is 13.2. The molecule has 0 N–H and O–H groups in total. The number of aromatic nitrogens is 3.